The van der Waals surface area contributed by atoms with Crippen LogP contribution in [-0.4, -0.2) is 43.6 Å². The Balaban J connectivity index is 0.00000192. The van der Waals surface area contributed by atoms with Gasteiger partial charge in [0.25, 0.3) is 0 Å². The average Bonchev–Trinajstić information content (AvgIpc) is 2.80. The molecule has 2 aliphatic heterocycles. The van der Waals surface area contributed by atoms with Crippen LogP contribution in [0.5, 0.6) is 0 Å². The van der Waals surface area contributed by atoms with E-state index in [1.54, 1.807) is 0 Å². The number of benzene rings is 1. The summed E-state index contributed by atoms with van der Waals surface area (Å²) in [7, 11) is 0. The molecule has 5 heteroatoms. The quantitative estimate of drug-likeness (QED) is 0.725. The Bertz CT molecular complexity index is 477. The van der Waals surface area contributed by atoms with Crippen molar-refractivity contribution in [3.63, 3.8) is 0 Å². The van der Waals surface area contributed by atoms with Crippen LogP contribution in [0.1, 0.15) is 31.2 Å². The van der Waals surface area contributed by atoms with Gasteiger partial charge in [-0.1, -0.05) is 36.8 Å². The van der Waals surface area contributed by atoms with Gasteiger partial charge >= 0.3 is 0 Å². The third kappa shape index (κ3) is 6.30. The maximum atomic E-state index is 4.50. The van der Waals surface area contributed by atoms with Gasteiger partial charge in [0.2, 0.25) is 0 Å². The number of halogens is 1. The lowest BCUT2D eigenvalue weighted by atomic mass is 10.0. The molecule has 0 radical (unpaired) electrons. The average molecular weight is 428 g/mol. The molecule has 128 valence electrons. The molecule has 2 aliphatic rings. The summed E-state index contributed by atoms with van der Waals surface area (Å²) in [6.07, 6.45) is 5.14. The molecule has 1 aromatic carbocycles. The molecule has 1 atom stereocenters. The molecule has 2 N–H and O–H groups in total. The van der Waals surface area contributed by atoms with E-state index in [1.165, 1.54) is 37.9 Å². The van der Waals surface area contributed by atoms with Crippen LogP contribution < -0.4 is 10.6 Å². The molecule has 3 rings (SSSR count). The molecular formula is C18H29IN4. The van der Waals surface area contributed by atoms with Gasteiger partial charge in [-0.05, 0) is 37.3 Å². The van der Waals surface area contributed by atoms with Gasteiger partial charge in [-0.3, -0.25) is 9.89 Å². The van der Waals surface area contributed by atoms with E-state index in [1.807, 2.05) is 0 Å². The van der Waals surface area contributed by atoms with Crippen LogP contribution >= 0.6 is 24.0 Å². The van der Waals surface area contributed by atoms with Gasteiger partial charge in [0.15, 0.2) is 5.96 Å². The highest BCUT2D eigenvalue weighted by Crippen LogP contribution is 2.18. The first kappa shape index (κ1) is 18.5. The Kier molecular flexibility index (Phi) is 8.16. The number of hydrogen-bond donors (Lipinski definition) is 2. The number of nitrogens with zero attached hydrogens (tertiary/aromatic N) is 2. The summed E-state index contributed by atoms with van der Waals surface area (Å²) in [4.78, 5) is 7.12. The third-order valence-corrected chi connectivity index (χ3v) is 4.56. The number of likely N-dealkylation sites (tertiary alicyclic amines) is 1. The van der Waals surface area contributed by atoms with Gasteiger partial charge < -0.3 is 10.6 Å². The fourth-order valence-electron chi connectivity index (χ4n) is 3.36. The van der Waals surface area contributed by atoms with Crippen molar-refractivity contribution >= 4 is 29.9 Å². The van der Waals surface area contributed by atoms with Crippen molar-refractivity contribution in [2.45, 2.75) is 32.2 Å². The van der Waals surface area contributed by atoms with E-state index in [9.17, 15) is 0 Å². The molecule has 23 heavy (non-hydrogen) atoms. The van der Waals surface area contributed by atoms with Crippen molar-refractivity contribution in [1.82, 2.24) is 15.5 Å². The second-order valence-electron chi connectivity index (χ2n) is 6.47. The zero-order valence-electron chi connectivity index (χ0n) is 13.8. The lowest BCUT2D eigenvalue weighted by Crippen LogP contribution is -2.44. The minimum Gasteiger partial charge on any atom is -0.356 e. The second-order valence-corrected chi connectivity index (χ2v) is 6.47. The molecule has 0 bridgehead atoms. The van der Waals surface area contributed by atoms with E-state index in [0.29, 0.717) is 0 Å². The Morgan fingerprint density at radius 1 is 1.17 bits per heavy atom. The standard InChI is InChI=1S/C18H28N4.HI/c1-2-7-16(8-3-1)14-22-12-5-4-9-17(15-22)13-21-18-19-10-6-11-20-18;/h1-3,7-8,17H,4-6,9-15H2,(H2,19,20,21);1H. The SMILES string of the molecule is I.c1ccc(CN2CCCCC(CNC3=NCCCN3)C2)cc1. The topological polar surface area (TPSA) is 39.7 Å². The van der Waals surface area contributed by atoms with Crippen molar-refractivity contribution in [2.24, 2.45) is 10.9 Å². The van der Waals surface area contributed by atoms with Crippen LogP contribution in [-0.2, 0) is 6.54 Å². The predicted octanol–water partition coefficient (Wildman–Crippen LogP) is 2.85. The highest BCUT2D eigenvalue weighted by atomic mass is 127. The van der Waals surface area contributed by atoms with E-state index in [0.717, 1.165) is 44.5 Å². The summed E-state index contributed by atoms with van der Waals surface area (Å²) in [6, 6.07) is 10.8. The molecular weight excluding hydrogens is 399 g/mol. The van der Waals surface area contributed by atoms with Crippen molar-refractivity contribution in [1.29, 1.82) is 0 Å². The predicted molar refractivity (Wildman–Crippen MR) is 107 cm³/mol. The van der Waals surface area contributed by atoms with Gasteiger partial charge in [-0.2, -0.15) is 0 Å². The highest BCUT2D eigenvalue weighted by Gasteiger charge is 2.18. The Morgan fingerprint density at radius 2 is 2.04 bits per heavy atom. The monoisotopic (exact) mass is 428 g/mol. The van der Waals surface area contributed by atoms with Crippen molar-refractivity contribution < 1.29 is 0 Å². The zero-order valence-corrected chi connectivity index (χ0v) is 16.2. The maximum absolute atomic E-state index is 4.50. The minimum absolute atomic E-state index is 0. The third-order valence-electron chi connectivity index (χ3n) is 4.56. The van der Waals surface area contributed by atoms with Crippen molar-refractivity contribution in [2.75, 3.05) is 32.7 Å². The Hall–Kier alpha value is -0.820. The van der Waals surface area contributed by atoms with Gasteiger partial charge in [0, 0.05) is 32.7 Å². The van der Waals surface area contributed by atoms with E-state index in [-0.39, 0.29) is 24.0 Å². The molecule has 0 saturated carbocycles. The first-order valence-corrected chi connectivity index (χ1v) is 8.68. The Morgan fingerprint density at radius 3 is 2.83 bits per heavy atom. The number of nitrogens with one attached hydrogen (secondary N) is 2. The molecule has 1 fully saturated rings. The summed E-state index contributed by atoms with van der Waals surface area (Å²) in [5.74, 6) is 1.72. The molecule has 1 unspecified atom stereocenters. The first-order chi connectivity index (χ1) is 10.9. The lowest BCUT2D eigenvalue weighted by molar-refractivity contribution is 0.241. The Labute approximate surface area is 157 Å². The summed E-state index contributed by atoms with van der Waals surface area (Å²) in [6.45, 7) is 6.55. The van der Waals surface area contributed by atoms with Gasteiger partial charge in [0.05, 0.1) is 0 Å². The first-order valence-electron chi connectivity index (χ1n) is 8.68. The molecule has 2 heterocycles. The summed E-state index contributed by atoms with van der Waals surface area (Å²) in [5.41, 5.74) is 1.43. The molecule has 0 aromatic heterocycles. The number of guanidine groups is 1. The van der Waals surface area contributed by atoms with Crippen LogP contribution in [0, 0.1) is 5.92 Å². The van der Waals surface area contributed by atoms with E-state index < -0.39 is 0 Å². The summed E-state index contributed by atoms with van der Waals surface area (Å²) >= 11 is 0. The largest absolute Gasteiger partial charge is 0.356 e. The van der Waals surface area contributed by atoms with E-state index in [2.05, 4.69) is 50.9 Å². The van der Waals surface area contributed by atoms with Crippen molar-refractivity contribution in [3.8, 4) is 0 Å². The van der Waals surface area contributed by atoms with Crippen LogP contribution in [0.4, 0.5) is 0 Å². The fourth-order valence-corrected chi connectivity index (χ4v) is 3.36. The van der Waals surface area contributed by atoms with Gasteiger partial charge in [0.1, 0.15) is 0 Å². The molecule has 0 aliphatic carbocycles. The van der Waals surface area contributed by atoms with Crippen LogP contribution in [0.15, 0.2) is 35.3 Å². The second kappa shape index (κ2) is 10.1. The van der Waals surface area contributed by atoms with Crippen LogP contribution in [0.25, 0.3) is 0 Å². The van der Waals surface area contributed by atoms with Crippen LogP contribution in [0.3, 0.4) is 0 Å². The number of aliphatic imine (C=N–C) groups is 1. The normalized spacial score (nSPS) is 22.3. The minimum atomic E-state index is 0. The highest BCUT2D eigenvalue weighted by molar-refractivity contribution is 14.0. The fraction of sp³-hybridized carbons (Fsp3) is 0.611. The van der Waals surface area contributed by atoms with Gasteiger partial charge in [-0.25, -0.2) is 0 Å². The molecule has 0 spiro atoms. The molecule has 1 saturated heterocycles. The summed E-state index contributed by atoms with van der Waals surface area (Å²) in [5, 5.41) is 6.87. The molecule has 0 amide bonds. The maximum Gasteiger partial charge on any atom is 0.191 e. The van der Waals surface area contributed by atoms with E-state index in [4.69, 9.17) is 0 Å². The van der Waals surface area contributed by atoms with Crippen LogP contribution in [0.2, 0.25) is 0 Å². The molecule has 1 aromatic rings. The van der Waals surface area contributed by atoms with E-state index >= 15 is 0 Å². The summed E-state index contributed by atoms with van der Waals surface area (Å²) < 4.78 is 0. The van der Waals surface area contributed by atoms with Crippen molar-refractivity contribution in [3.05, 3.63) is 35.9 Å². The molecule has 4 nitrogen and oxygen atoms in total. The lowest BCUT2D eigenvalue weighted by Gasteiger charge is -2.25. The smallest absolute Gasteiger partial charge is 0.191 e. The zero-order chi connectivity index (χ0) is 15.0. The number of hydrogen-bond acceptors (Lipinski definition) is 4. The number of rotatable bonds is 4. The van der Waals surface area contributed by atoms with Gasteiger partial charge in [-0.15, -0.1) is 24.0 Å².